The van der Waals surface area contributed by atoms with Crippen LogP contribution in [0.15, 0.2) is 35.0 Å². The fourth-order valence-electron chi connectivity index (χ4n) is 4.33. The maximum atomic E-state index is 14.2. The summed E-state index contributed by atoms with van der Waals surface area (Å²) in [5.41, 5.74) is 4.17. The van der Waals surface area contributed by atoms with E-state index in [0.29, 0.717) is 11.4 Å². The Kier molecular flexibility index (Phi) is 4.22. The third kappa shape index (κ3) is 2.82. The molecule has 2 aromatic heterocycles. The topological polar surface area (TPSA) is 73.0 Å². The van der Waals surface area contributed by atoms with E-state index in [-0.39, 0.29) is 17.8 Å². The van der Waals surface area contributed by atoms with Crippen LogP contribution in [0, 0.1) is 5.82 Å². The lowest BCUT2D eigenvalue weighted by Crippen LogP contribution is -2.31. The zero-order valence-corrected chi connectivity index (χ0v) is 15.4. The second-order valence-electron chi connectivity index (χ2n) is 7.47. The minimum Gasteiger partial charge on any atom is -0.350 e. The van der Waals surface area contributed by atoms with Gasteiger partial charge in [-0.25, -0.2) is 9.07 Å². The molecule has 2 aliphatic carbocycles. The molecule has 0 aliphatic heterocycles. The number of benzene rings is 1. The molecule has 144 valence electrons. The number of hydrogen-bond donors (Lipinski definition) is 1. The molecule has 1 atom stereocenters. The van der Waals surface area contributed by atoms with Gasteiger partial charge in [0.05, 0.1) is 17.9 Å². The summed E-state index contributed by atoms with van der Waals surface area (Å²) in [6.07, 6.45) is 8.09. The molecule has 0 fully saturated rings. The number of rotatable bonds is 3. The zero-order valence-electron chi connectivity index (χ0n) is 15.4. The molecule has 7 heteroatoms. The molecule has 1 amide bonds. The van der Waals surface area contributed by atoms with Crippen molar-refractivity contribution in [2.75, 3.05) is 0 Å². The van der Waals surface area contributed by atoms with E-state index >= 15 is 0 Å². The molecular weight excluding hydrogens is 359 g/mol. The Morgan fingerprint density at radius 3 is 2.93 bits per heavy atom. The number of amides is 1. The van der Waals surface area contributed by atoms with Gasteiger partial charge in [0.1, 0.15) is 11.5 Å². The van der Waals surface area contributed by atoms with Crippen molar-refractivity contribution in [1.82, 2.24) is 20.3 Å². The molecule has 0 saturated carbocycles. The van der Waals surface area contributed by atoms with Crippen molar-refractivity contribution in [1.29, 1.82) is 0 Å². The van der Waals surface area contributed by atoms with E-state index in [9.17, 15) is 9.18 Å². The van der Waals surface area contributed by atoms with Crippen molar-refractivity contribution >= 4 is 5.91 Å². The van der Waals surface area contributed by atoms with Gasteiger partial charge < -0.3 is 9.84 Å². The van der Waals surface area contributed by atoms with E-state index in [2.05, 4.69) is 15.6 Å². The minimum absolute atomic E-state index is 0.166. The fourth-order valence-corrected chi connectivity index (χ4v) is 4.33. The number of para-hydroxylation sites is 1. The van der Waals surface area contributed by atoms with Crippen molar-refractivity contribution in [2.45, 2.75) is 51.0 Å². The SMILES string of the molecule is O=C(NC1CCCc2c1cnn2-c1ccccc1F)c1onc2c1CCCC2. The van der Waals surface area contributed by atoms with Gasteiger partial charge >= 0.3 is 0 Å². The highest BCUT2D eigenvalue weighted by atomic mass is 19.1. The van der Waals surface area contributed by atoms with Gasteiger partial charge in [0.15, 0.2) is 0 Å². The molecule has 2 heterocycles. The van der Waals surface area contributed by atoms with Crippen LogP contribution in [-0.2, 0) is 19.3 Å². The van der Waals surface area contributed by atoms with Crippen molar-refractivity contribution < 1.29 is 13.7 Å². The number of aryl methyl sites for hydroxylation is 1. The lowest BCUT2D eigenvalue weighted by Gasteiger charge is -2.24. The molecule has 28 heavy (non-hydrogen) atoms. The Hall–Kier alpha value is -2.96. The number of hydrogen-bond acceptors (Lipinski definition) is 4. The van der Waals surface area contributed by atoms with Gasteiger partial charge in [0.25, 0.3) is 5.91 Å². The number of fused-ring (bicyclic) bond motifs is 2. The zero-order chi connectivity index (χ0) is 19.1. The third-order valence-electron chi connectivity index (χ3n) is 5.74. The van der Waals surface area contributed by atoms with Crippen molar-refractivity contribution in [3.63, 3.8) is 0 Å². The Morgan fingerprint density at radius 2 is 2.04 bits per heavy atom. The van der Waals surface area contributed by atoms with E-state index in [4.69, 9.17) is 4.52 Å². The Morgan fingerprint density at radius 1 is 1.18 bits per heavy atom. The normalized spacial score (nSPS) is 18.4. The average Bonchev–Trinajstić information content (AvgIpc) is 3.33. The summed E-state index contributed by atoms with van der Waals surface area (Å²) in [5.74, 6) is -0.205. The quantitative estimate of drug-likeness (QED) is 0.752. The third-order valence-corrected chi connectivity index (χ3v) is 5.74. The minimum atomic E-state index is -0.312. The van der Waals surface area contributed by atoms with Crippen LogP contribution < -0.4 is 5.32 Å². The van der Waals surface area contributed by atoms with E-state index in [0.717, 1.165) is 67.5 Å². The van der Waals surface area contributed by atoms with Gasteiger partial charge in [-0.15, -0.1) is 0 Å². The molecule has 3 aromatic rings. The number of nitrogens with zero attached hydrogens (tertiary/aromatic N) is 3. The highest BCUT2D eigenvalue weighted by molar-refractivity contribution is 5.93. The lowest BCUT2D eigenvalue weighted by atomic mass is 9.92. The number of halogens is 1. The summed E-state index contributed by atoms with van der Waals surface area (Å²) in [5, 5.41) is 11.6. The Balaban J connectivity index is 1.42. The van der Waals surface area contributed by atoms with Gasteiger partial charge in [-0.05, 0) is 57.1 Å². The maximum absolute atomic E-state index is 14.2. The smallest absolute Gasteiger partial charge is 0.290 e. The number of carbonyl (C=O) groups is 1. The molecule has 1 aromatic carbocycles. The average molecular weight is 380 g/mol. The van der Waals surface area contributed by atoms with Gasteiger partial charge in [0.2, 0.25) is 5.76 Å². The molecule has 6 nitrogen and oxygen atoms in total. The van der Waals surface area contributed by atoms with E-state index in [1.165, 1.54) is 6.07 Å². The van der Waals surface area contributed by atoms with Crippen molar-refractivity contribution in [2.24, 2.45) is 0 Å². The number of carbonyl (C=O) groups excluding carboxylic acids is 1. The van der Waals surface area contributed by atoms with E-state index < -0.39 is 0 Å². The summed E-state index contributed by atoms with van der Waals surface area (Å²) in [7, 11) is 0. The predicted molar refractivity (Wildman–Crippen MR) is 99.8 cm³/mol. The first-order valence-electron chi connectivity index (χ1n) is 9.82. The summed E-state index contributed by atoms with van der Waals surface area (Å²) >= 11 is 0. The standard InChI is InChI=1S/C21H21FN4O2/c22-15-7-2-4-10-19(15)26-18-11-5-9-16(14(18)12-23-26)24-21(27)20-13-6-1-3-8-17(13)25-28-20/h2,4,7,10,12,16H,1,3,5-6,8-9,11H2,(H,24,27). The molecule has 0 bridgehead atoms. The lowest BCUT2D eigenvalue weighted by molar-refractivity contribution is 0.0894. The van der Waals surface area contributed by atoms with Gasteiger partial charge in [-0.2, -0.15) is 5.10 Å². The first kappa shape index (κ1) is 17.2. The van der Waals surface area contributed by atoms with Crippen molar-refractivity contribution in [3.05, 3.63) is 64.6 Å². The van der Waals surface area contributed by atoms with Crippen molar-refractivity contribution in [3.8, 4) is 5.69 Å². The van der Waals surface area contributed by atoms with Crippen LogP contribution >= 0.6 is 0 Å². The van der Waals surface area contributed by atoms with Gasteiger partial charge in [-0.3, -0.25) is 4.79 Å². The highest BCUT2D eigenvalue weighted by Crippen LogP contribution is 2.32. The fraction of sp³-hybridized carbons (Fsp3) is 0.381. The molecule has 0 spiro atoms. The Bertz CT molecular complexity index is 1040. The highest BCUT2D eigenvalue weighted by Gasteiger charge is 2.30. The molecule has 1 unspecified atom stereocenters. The second kappa shape index (κ2) is 6.89. The van der Waals surface area contributed by atoms with Crippen LogP contribution in [-0.4, -0.2) is 20.8 Å². The first-order chi connectivity index (χ1) is 13.7. The van der Waals surface area contributed by atoms with Crippen LogP contribution in [0.25, 0.3) is 5.69 Å². The predicted octanol–water partition coefficient (Wildman–Crippen LogP) is 3.69. The largest absolute Gasteiger partial charge is 0.350 e. The summed E-state index contributed by atoms with van der Waals surface area (Å²) in [6.45, 7) is 0. The van der Waals surface area contributed by atoms with E-state index in [1.807, 2.05) is 0 Å². The summed E-state index contributed by atoms with van der Waals surface area (Å²) in [6, 6.07) is 6.43. The first-order valence-corrected chi connectivity index (χ1v) is 9.82. The molecular formula is C21H21FN4O2. The van der Waals surface area contributed by atoms with Crippen LogP contribution in [0.4, 0.5) is 4.39 Å². The molecule has 0 saturated heterocycles. The Labute approximate surface area is 161 Å². The molecule has 5 rings (SSSR count). The summed E-state index contributed by atoms with van der Waals surface area (Å²) in [4.78, 5) is 12.9. The number of aromatic nitrogens is 3. The number of nitrogens with one attached hydrogen (secondary N) is 1. The van der Waals surface area contributed by atoms with Crippen LogP contribution in [0.5, 0.6) is 0 Å². The maximum Gasteiger partial charge on any atom is 0.290 e. The molecule has 1 N–H and O–H groups in total. The van der Waals surface area contributed by atoms with Crippen LogP contribution in [0.3, 0.4) is 0 Å². The van der Waals surface area contributed by atoms with E-state index in [1.54, 1.807) is 29.1 Å². The summed E-state index contributed by atoms with van der Waals surface area (Å²) < 4.78 is 21.2. The van der Waals surface area contributed by atoms with Crippen LogP contribution in [0.1, 0.15) is 64.8 Å². The van der Waals surface area contributed by atoms with Gasteiger partial charge in [0, 0.05) is 16.8 Å². The van der Waals surface area contributed by atoms with Gasteiger partial charge in [-0.1, -0.05) is 17.3 Å². The second-order valence-corrected chi connectivity index (χ2v) is 7.47. The monoisotopic (exact) mass is 380 g/mol. The van der Waals surface area contributed by atoms with Crippen LogP contribution in [0.2, 0.25) is 0 Å². The molecule has 0 radical (unpaired) electrons. The molecule has 2 aliphatic rings.